The molecule has 0 aromatic carbocycles. The van der Waals surface area contributed by atoms with E-state index >= 15 is 0 Å². The van der Waals surface area contributed by atoms with Gasteiger partial charge in [-0.05, 0) is 111 Å². The second-order valence-electron chi connectivity index (χ2n) is 14.6. The molecule has 5 N–H and O–H groups in total. The van der Waals surface area contributed by atoms with Gasteiger partial charge in [0.15, 0.2) is 0 Å². The summed E-state index contributed by atoms with van der Waals surface area (Å²) in [5.74, 6) is 0.280. The van der Waals surface area contributed by atoms with Gasteiger partial charge in [-0.2, -0.15) is 0 Å². The predicted molar refractivity (Wildman–Crippen MR) is 138 cm³/mol. The van der Waals surface area contributed by atoms with Crippen molar-refractivity contribution < 1.29 is 25.5 Å². The summed E-state index contributed by atoms with van der Waals surface area (Å²) in [7, 11) is 0. The summed E-state index contributed by atoms with van der Waals surface area (Å²) in [6.45, 7) is 15.1. The van der Waals surface area contributed by atoms with E-state index in [1.54, 1.807) is 0 Å². The molecule has 5 nitrogen and oxygen atoms in total. The van der Waals surface area contributed by atoms with E-state index in [-0.39, 0.29) is 51.9 Å². The van der Waals surface area contributed by atoms with Crippen LogP contribution in [0.2, 0.25) is 0 Å². The molecule has 4 rings (SSSR count). The minimum atomic E-state index is -0.893. The second kappa shape index (κ2) is 8.80. The monoisotopic (exact) mass is 492 g/mol. The van der Waals surface area contributed by atoms with Gasteiger partial charge in [0.05, 0.1) is 30.5 Å². The first-order valence-corrected chi connectivity index (χ1v) is 14.1. The Hall–Kier alpha value is -0.460. The molecule has 202 valence electrons. The van der Waals surface area contributed by atoms with Crippen LogP contribution >= 0.6 is 0 Å². The molecule has 0 aromatic rings. The highest BCUT2D eigenvalue weighted by molar-refractivity contribution is 5.21. The average molecular weight is 493 g/mol. The fourth-order valence-corrected chi connectivity index (χ4v) is 10.5. The largest absolute Gasteiger partial charge is 0.393 e. The Balaban J connectivity index is 1.67. The van der Waals surface area contributed by atoms with E-state index < -0.39 is 23.9 Å². The van der Waals surface area contributed by atoms with E-state index in [9.17, 15) is 25.5 Å². The van der Waals surface area contributed by atoms with Gasteiger partial charge in [-0.3, -0.25) is 0 Å². The van der Waals surface area contributed by atoms with Gasteiger partial charge in [-0.25, -0.2) is 0 Å². The smallest absolute Gasteiger partial charge is 0.0654 e. The zero-order valence-corrected chi connectivity index (χ0v) is 23.2. The molecule has 11 atom stereocenters. The number of aliphatic hydroxyl groups is 5. The number of hydrogen-bond acceptors (Lipinski definition) is 5. The van der Waals surface area contributed by atoms with Gasteiger partial charge in [0.25, 0.3) is 0 Å². The normalized spacial score (nSPS) is 51.2. The molecule has 4 aliphatic rings. The first kappa shape index (κ1) is 27.6. The highest BCUT2D eigenvalue weighted by Gasteiger charge is 2.72. The van der Waals surface area contributed by atoms with Gasteiger partial charge in [0, 0.05) is 0 Å². The van der Waals surface area contributed by atoms with Crippen LogP contribution in [0.5, 0.6) is 0 Å². The van der Waals surface area contributed by atoms with Crippen LogP contribution in [-0.4, -0.2) is 56.1 Å². The fourth-order valence-electron chi connectivity index (χ4n) is 10.5. The first-order chi connectivity index (χ1) is 16.1. The maximum atomic E-state index is 11.8. The maximum Gasteiger partial charge on any atom is 0.0654 e. The van der Waals surface area contributed by atoms with Gasteiger partial charge in [0.1, 0.15) is 0 Å². The molecule has 0 bridgehead atoms. The van der Waals surface area contributed by atoms with Gasteiger partial charge in [-0.15, -0.1) is 0 Å². The van der Waals surface area contributed by atoms with Crippen molar-refractivity contribution in [3.8, 4) is 0 Å². The van der Waals surface area contributed by atoms with Gasteiger partial charge in [0.2, 0.25) is 0 Å². The zero-order valence-electron chi connectivity index (χ0n) is 23.2. The number of aliphatic hydroxyl groups excluding tert-OH is 4. The maximum absolute atomic E-state index is 11.8. The second-order valence-corrected chi connectivity index (χ2v) is 14.6. The molecule has 0 amide bonds. The molecule has 0 heterocycles. The van der Waals surface area contributed by atoms with Crippen LogP contribution in [0.1, 0.15) is 99.8 Å². The lowest BCUT2D eigenvalue weighted by Gasteiger charge is -2.71. The van der Waals surface area contributed by atoms with Crippen LogP contribution in [-0.2, 0) is 0 Å². The highest BCUT2D eigenvalue weighted by Crippen LogP contribution is 2.75. The molecule has 0 radical (unpaired) electrons. The van der Waals surface area contributed by atoms with Gasteiger partial charge < -0.3 is 25.5 Å². The van der Waals surface area contributed by atoms with Crippen LogP contribution in [0, 0.1) is 45.3 Å². The highest BCUT2D eigenvalue weighted by atomic mass is 16.3. The average Bonchev–Trinajstić information content (AvgIpc) is 3.13. The van der Waals surface area contributed by atoms with E-state index in [1.807, 2.05) is 19.9 Å². The molecule has 0 aromatic heterocycles. The third-order valence-corrected chi connectivity index (χ3v) is 12.4. The zero-order chi connectivity index (χ0) is 26.2. The third kappa shape index (κ3) is 3.90. The molecule has 0 aliphatic heterocycles. The molecule has 4 fully saturated rings. The summed E-state index contributed by atoms with van der Waals surface area (Å²) in [6.07, 6.45) is 6.83. The molecule has 5 heteroatoms. The number of rotatable bonds is 5. The van der Waals surface area contributed by atoms with Crippen LogP contribution in [0.4, 0.5) is 0 Å². The lowest BCUT2D eigenvalue weighted by molar-refractivity contribution is -0.274. The lowest BCUT2D eigenvalue weighted by Crippen LogP contribution is -2.69. The minimum absolute atomic E-state index is 0.00351. The quantitative estimate of drug-likeness (QED) is 0.365. The third-order valence-electron chi connectivity index (χ3n) is 12.4. The standard InChI is InChI=1S/C30H52O5/c1-18(17-31)9-8-12-30(7,35)19-10-14-28(5)24(19)20(32)15-22-27(4)13-11-23(34)26(2,3)25(27)21(33)16-29(22,28)6/h9,19-25,31-35H,8,10-17H2,1-7H3/b18-9-/t19-,20+,21-,22+,23-,24-,25-,27+,28+,29+,30+/m0/s1. The van der Waals surface area contributed by atoms with E-state index in [4.69, 9.17) is 0 Å². The summed E-state index contributed by atoms with van der Waals surface area (Å²) in [5, 5.41) is 55.3. The molecule has 35 heavy (non-hydrogen) atoms. The van der Waals surface area contributed by atoms with E-state index in [2.05, 4.69) is 34.6 Å². The van der Waals surface area contributed by atoms with Gasteiger partial charge >= 0.3 is 0 Å². The van der Waals surface area contributed by atoms with Crippen molar-refractivity contribution in [1.82, 2.24) is 0 Å². The van der Waals surface area contributed by atoms with E-state index in [0.29, 0.717) is 25.7 Å². The van der Waals surface area contributed by atoms with Crippen LogP contribution in [0.25, 0.3) is 0 Å². The summed E-state index contributed by atoms with van der Waals surface area (Å²) in [4.78, 5) is 0. The lowest BCUT2D eigenvalue weighted by atomic mass is 9.34. The van der Waals surface area contributed by atoms with Crippen LogP contribution < -0.4 is 0 Å². The Morgan fingerprint density at radius 3 is 2.26 bits per heavy atom. The predicted octanol–water partition coefficient (Wildman–Crippen LogP) is 4.44. The summed E-state index contributed by atoms with van der Waals surface area (Å²) in [6, 6.07) is 0. The molecule has 4 aliphatic carbocycles. The SMILES string of the molecule is C/C(=C/CC[C@@](C)(O)[C@H]1CC[C@]2(C)[C@@H]1[C@H](O)C[C@@H]1[C@@]3(C)CC[C@H](O)C(C)(C)[C@@H]3[C@@H](O)C[C@]12C)CO. The molecule has 0 unspecified atom stereocenters. The molecular formula is C30H52O5. The Kier molecular flexibility index (Phi) is 6.93. The summed E-state index contributed by atoms with van der Waals surface area (Å²) < 4.78 is 0. The molecule has 0 saturated heterocycles. The van der Waals surface area contributed by atoms with Crippen molar-refractivity contribution in [3.05, 3.63) is 11.6 Å². The number of allylic oxidation sites excluding steroid dienone is 1. The Labute approximate surface area is 213 Å². The Bertz CT molecular complexity index is 835. The molecule has 0 spiro atoms. The van der Waals surface area contributed by atoms with Crippen molar-refractivity contribution in [2.24, 2.45) is 45.3 Å². The van der Waals surface area contributed by atoms with E-state index in [1.165, 1.54) is 0 Å². The van der Waals surface area contributed by atoms with Crippen molar-refractivity contribution >= 4 is 0 Å². The molecule has 4 saturated carbocycles. The number of fused-ring (bicyclic) bond motifs is 5. The Morgan fingerprint density at radius 1 is 0.971 bits per heavy atom. The van der Waals surface area contributed by atoms with Crippen molar-refractivity contribution in [1.29, 1.82) is 0 Å². The van der Waals surface area contributed by atoms with Crippen molar-refractivity contribution in [2.75, 3.05) is 6.61 Å². The van der Waals surface area contributed by atoms with E-state index in [0.717, 1.165) is 31.3 Å². The Morgan fingerprint density at radius 2 is 1.63 bits per heavy atom. The van der Waals surface area contributed by atoms with Crippen molar-refractivity contribution in [3.63, 3.8) is 0 Å². The summed E-state index contributed by atoms with van der Waals surface area (Å²) in [5.41, 5.74) is -0.788. The van der Waals surface area contributed by atoms with Crippen molar-refractivity contribution in [2.45, 2.75) is 124 Å². The first-order valence-electron chi connectivity index (χ1n) is 14.1. The summed E-state index contributed by atoms with van der Waals surface area (Å²) >= 11 is 0. The number of hydrogen-bond donors (Lipinski definition) is 5. The topological polar surface area (TPSA) is 101 Å². The fraction of sp³-hybridized carbons (Fsp3) is 0.933. The van der Waals surface area contributed by atoms with Gasteiger partial charge in [-0.1, -0.05) is 46.3 Å². The van der Waals surface area contributed by atoms with Crippen LogP contribution in [0.15, 0.2) is 11.6 Å². The van der Waals surface area contributed by atoms with Crippen LogP contribution in [0.3, 0.4) is 0 Å². The minimum Gasteiger partial charge on any atom is -0.393 e. The molecular weight excluding hydrogens is 440 g/mol.